The maximum absolute atomic E-state index is 14.4. The molecular weight excluding hydrogens is 368 g/mol. The molecule has 152 valence electrons. The average Bonchev–Trinajstić information content (AvgIpc) is 3.14. The zero-order valence-electron chi connectivity index (χ0n) is 16.9. The van der Waals surface area contributed by atoms with Gasteiger partial charge in [0.2, 0.25) is 0 Å². The summed E-state index contributed by atoms with van der Waals surface area (Å²) in [7, 11) is 0. The van der Waals surface area contributed by atoms with Gasteiger partial charge >= 0.3 is 0 Å². The van der Waals surface area contributed by atoms with Crippen molar-refractivity contribution in [3.63, 3.8) is 0 Å². The van der Waals surface area contributed by atoms with E-state index in [1.54, 1.807) is 12.1 Å². The molecule has 0 amide bonds. The minimum atomic E-state index is -2.73. The van der Waals surface area contributed by atoms with E-state index in [1.807, 2.05) is 26.8 Å². The first kappa shape index (κ1) is 21.0. The minimum Gasteiger partial charge on any atom is -0.396 e. The Labute approximate surface area is 166 Å². The molecule has 3 N–H and O–H groups in total. The molecule has 2 aliphatic rings. The van der Waals surface area contributed by atoms with Gasteiger partial charge in [-0.05, 0) is 47.3 Å². The summed E-state index contributed by atoms with van der Waals surface area (Å²) in [6.07, 6.45) is 1.73. The second kappa shape index (κ2) is 6.67. The lowest BCUT2D eigenvalue weighted by Gasteiger charge is -2.47. The Kier molecular flexibility index (Phi) is 5.19. The van der Waals surface area contributed by atoms with E-state index in [0.717, 1.165) is 18.4 Å². The van der Waals surface area contributed by atoms with Crippen LogP contribution in [0.3, 0.4) is 0 Å². The third-order valence-corrected chi connectivity index (χ3v) is 7.59. The number of rotatable bonds is 3. The van der Waals surface area contributed by atoms with E-state index in [-0.39, 0.29) is 18.4 Å². The molecule has 1 aromatic carbocycles. The molecular formula is C22H32ClF2NO. The second-order valence-corrected chi connectivity index (χ2v) is 10.3. The standard InChI is InChI=1S/C22H32ClF2NO/c1-12-8-9-21(26,16(11-27)13(12)2)14-6-7-15(17(23)10-14)18-19(20(3,4)5)22(18,24)25/h6-7,10,12-13,16,18-19,27H,8-9,11,26H2,1-5H3/t12-,13+,16?,18?,19?,21?/m0/s1. The van der Waals surface area contributed by atoms with Crippen molar-refractivity contribution in [3.05, 3.63) is 34.3 Å². The summed E-state index contributed by atoms with van der Waals surface area (Å²) < 4.78 is 28.9. The molecule has 3 rings (SSSR count). The van der Waals surface area contributed by atoms with Gasteiger partial charge in [-0.1, -0.05) is 58.4 Å². The number of nitrogens with two attached hydrogens (primary N) is 1. The van der Waals surface area contributed by atoms with E-state index in [9.17, 15) is 13.9 Å². The molecule has 0 radical (unpaired) electrons. The maximum atomic E-state index is 14.4. The Bertz CT molecular complexity index is 717. The quantitative estimate of drug-likeness (QED) is 0.698. The van der Waals surface area contributed by atoms with Crippen LogP contribution in [0.25, 0.3) is 0 Å². The highest BCUT2D eigenvalue weighted by Gasteiger charge is 2.72. The van der Waals surface area contributed by atoms with Gasteiger partial charge in [-0.25, -0.2) is 8.78 Å². The molecule has 6 atom stereocenters. The van der Waals surface area contributed by atoms with Crippen molar-refractivity contribution in [1.82, 2.24) is 0 Å². The summed E-state index contributed by atoms with van der Waals surface area (Å²) in [4.78, 5) is 0. The van der Waals surface area contributed by atoms with E-state index >= 15 is 0 Å². The van der Waals surface area contributed by atoms with Crippen LogP contribution in [0.1, 0.15) is 64.5 Å². The van der Waals surface area contributed by atoms with E-state index in [1.165, 1.54) is 0 Å². The SMILES string of the molecule is C[C@H]1CCC(N)(c2ccc(C3C(C(C)(C)C)C3(F)F)c(Cl)c2)C(CO)[C@@H]1C. The topological polar surface area (TPSA) is 46.2 Å². The van der Waals surface area contributed by atoms with E-state index in [0.29, 0.717) is 16.5 Å². The molecule has 0 aliphatic heterocycles. The van der Waals surface area contributed by atoms with Gasteiger partial charge in [-0.15, -0.1) is 0 Å². The van der Waals surface area contributed by atoms with Crippen LogP contribution < -0.4 is 5.73 Å². The molecule has 0 spiro atoms. The monoisotopic (exact) mass is 399 g/mol. The van der Waals surface area contributed by atoms with Crippen LogP contribution in [0.5, 0.6) is 0 Å². The summed E-state index contributed by atoms with van der Waals surface area (Å²) in [5.74, 6) is -3.58. The summed E-state index contributed by atoms with van der Waals surface area (Å²) in [5, 5.41) is 10.3. The van der Waals surface area contributed by atoms with Gasteiger partial charge in [0, 0.05) is 29.0 Å². The first-order valence-electron chi connectivity index (χ1n) is 9.93. The van der Waals surface area contributed by atoms with Crippen LogP contribution in [0.15, 0.2) is 18.2 Å². The van der Waals surface area contributed by atoms with E-state index < -0.39 is 28.7 Å². The van der Waals surface area contributed by atoms with E-state index in [2.05, 4.69) is 13.8 Å². The molecule has 1 aromatic rings. The highest BCUT2D eigenvalue weighted by atomic mass is 35.5. The fourth-order valence-electron chi connectivity index (χ4n) is 5.33. The molecule has 2 nitrogen and oxygen atoms in total. The lowest BCUT2D eigenvalue weighted by atomic mass is 9.61. The molecule has 0 heterocycles. The summed E-state index contributed by atoms with van der Waals surface area (Å²) in [5.41, 5.74) is 6.96. The molecule has 2 aliphatic carbocycles. The van der Waals surface area contributed by atoms with Gasteiger partial charge < -0.3 is 10.8 Å². The molecule has 2 fully saturated rings. The van der Waals surface area contributed by atoms with Gasteiger partial charge in [-0.2, -0.15) is 0 Å². The van der Waals surface area contributed by atoms with Crippen LogP contribution >= 0.6 is 11.6 Å². The molecule has 5 heteroatoms. The molecule has 0 bridgehead atoms. The highest BCUT2D eigenvalue weighted by molar-refractivity contribution is 6.31. The van der Waals surface area contributed by atoms with Gasteiger partial charge in [0.25, 0.3) is 5.92 Å². The van der Waals surface area contributed by atoms with Gasteiger partial charge in [0.05, 0.1) is 5.92 Å². The normalized spacial score (nSPS) is 38.7. The number of hydrogen-bond donors (Lipinski definition) is 2. The number of halogens is 3. The molecule has 0 saturated heterocycles. The summed E-state index contributed by atoms with van der Waals surface area (Å²) in [6.45, 7) is 9.86. The van der Waals surface area contributed by atoms with Gasteiger partial charge in [-0.3, -0.25) is 0 Å². The number of aliphatic hydroxyl groups excluding tert-OH is 1. The predicted molar refractivity (Wildman–Crippen MR) is 106 cm³/mol. The van der Waals surface area contributed by atoms with Crippen molar-refractivity contribution in [2.75, 3.05) is 6.61 Å². The summed E-state index contributed by atoms with van der Waals surface area (Å²) in [6, 6.07) is 5.34. The van der Waals surface area contributed by atoms with Crippen molar-refractivity contribution in [3.8, 4) is 0 Å². The lowest BCUT2D eigenvalue weighted by molar-refractivity contribution is 0.0333. The Balaban J connectivity index is 1.94. The zero-order chi connectivity index (χ0) is 20.4. The third-order valence-electron chi connectivity index (χ3n) is 7.26. The highest BCUT2D eigenvalue weighted by Crippen LogP contribution is 2.68. The summed E-state index contributed by atoms with van der Waals surface area (Å²) >= 11 is 6.49. The van der Waals surface area contributed by atoms with Crippen molar-refractivity contribution in [2.45, 2.75) is 64.8 Å². The molecule has 2 saturated carbocycles. The van der Waals surface area contributed by atoms with Crippen LogP contribution in [0, 0.1) is 29.1 Å². The first-order chi connectivity index (χ1) is 12.4. The van der Waals surface area contributed by atoms with Crippen LogP contribution in [0.2, 0.25) is 5.02 Å². The lowest BCUT2D eigenvalue weighted by Crippen LogP contribution is -2.52. The zero-order valence-corrected chi connectivity index (χ0v) is 17.7. The van der Waals surface area contributed by atoms with Crippen LogP contribution in [-0.2, 0) is 5.54 Å². The molecule has 27 heavy (non-hydrogen) atoms. The van der Waals surface area contributed by atoms with E-state index in [4.69, 9.17) is 17.3 Å². The predicted octanol–water partition coefficient (Wildman–Crippen LogP) is 5.56. The molecule has 0 aromatic heterocycles. The maximum Gasteiger partial charge on any atom is 0.259 e. The second-order valence-electron chi connectivity index (χ2n) is 9.94. The Hall–Kier alpha value is -0.710. The largest absolute Gasteiger partial charge is 0.396 e. The van der Waals surface area contributed by atoms with Crippen molar-refractivity contribution < 1.29 is 13.9 Å². The van der Waals surface area contributed by atoms with Crippen molar-refractivity contribution in [2.24, 2.45) is 34.8 Å². The van der Waals surface area contributed by atoms with Crippen LogP contribution in [-0.4, -0.2) is 17.6 Å². The van der Waals surface area contributed by atoms with Crippen molar-refractivity contribution >= 4 is 11.6 Å². The fourth-order valence-corrected chi connectivity index (χ4v) is 5.63. The smallest absolute Gasteiger partial charge is 0.259 e. The fraction of sp³-hybridized carbons (Fsp3) is 0.727. The Morgan fingerprint density at radius 3 is 2.37 bits per heavy atom. The van der Waals surface area contributed by atoms with Crippen molar-refractivity contribution in [1.29, 1.82) is 0 Å². The Morgan fingerprint density at radius 1 is 1.26 bits per heavy atom. The number of aliphatic hydroxyl groups is 1. The minimum absolute atomic E-state index is 0.00811. The average molecular weight is 400 g/mol. The number of benzene rings is 1. The number of alkyl halides is 2. The Morgan fingerprint density at radius 2 is 1.89 bits per heavy atom. The molecule has 4 unspecified atom stereocenters. The van der Waals surface area contributed by atoms with Crippen LogP contribution in [0.4, 0.5) is 8.78 Å². The number of hydrogen-bond acceptors (Lipinski definition) is 2. The van der Waals surface area contributed by atoms with Gasteiger partial charge in [0.15, 0.2) is 0 Å². The van der Waals surface area contributed by atoms with Gasteiger partial charge in [0.1, 0.15) is 0 Å². The third kappa shape index (κ3) is 3.32. The first-order valence-corrected chi connectivity index (χ1v) is 10.3.